The molecule has 0 fully saturated rings. The minimum atomic E-state index is -0.472. The van der Waals surface area contributed by atoms with E-state index in [2.05, 4.69) is 0 Å². The summed E-state index contributed by atoms with van der Waals surface area (Å²) in [5.74, 6) is -0.165. The summed E-state index contributed by atoms with van der Waals surface area (Å²) in [5.41, 5.74) is 0.648. The molecular formula is C17H16Cl2FNO3. The largest absolute Gasteiger partial charge is 0.494 e. The maximum Gasteiger partial charge on any atom is 0.260 e. The molecule has 0 bridgehead atoms. The van der Waals surface area contributed by atoms with Crippen LogP contribution in [-0.4, -0.2) is 31.6 Å². The van der Waals surface area contributed by atoms with E-state index < -0.39 is 5.82 Å². The molecule has 1 amide bonds. The highest BCUT2D eigenvalue weighted by Crippen LogP contribution is 2.24. The number of rotatable bonds is 6. The minimum absolute atomic E-state index is 0.161. The van der Waals surface area contributed by atoms with Gasteiger partial charge in [-0.25, -0.2) is 4.39 Å². The highest BCUT2D eigenvalue weighted by molar-refractivity contribution is 6.34. The van der Waals surface area contributed by atoms with Gasteiger partial charge in [-0.15, -0.1) is 0 Å². The predicted octanol–water partition coefficient (Wildman–Crippen LogP) is 4.18. The van der Waals surface area contributed by atoms with Gasteiger partial charge in [0.2, 0.25) is 0 Å². The Morgan fingerprint density at radius 2 is 1.83 bits per heavy atom. The first-order valence-corrected chi connectivity index (χ1v) is 7.80. The quantitative estimate of drug-likeness (QED) is 0.764. The highest BCUT2D eigenvalue weighted by Gasteiger charge is 2.12. The van der Waals surface area contributed by atoms with E-state index in [1.165, 1.54) is 24.1 Å². The van der Waals surface area contributed by atoms with E-state index in [0.717, 1.165) is 0 Å². The number of hydrogen-bond acceptors (Lipinski definition) is 3. The van der Waals surface area contributed by atoms with Gasteiger partial charge in [0.25, 0.3) is 5.91 Å². The number of ether oxygens (including phenoxy) is 2. The number of halogens is 3. The molecule has 0 atom stereocenters. The minimum Gasteiger partial charge on any atom is -0.494 e. The summed E-state index contributed by atoms with van der Waals surface area (Å²) in [4.78, 5) is 13.6. The number of carbonyl (C=O) groups is 1. The first-order valence-electron chi connectivity index (χ1n) is 7.04. The lowest BCUT2D eigenvalue weighted by molar-refractivity contribution is -0.132. The van der Waals surface area contributed by atoms with Crippen molar-refractivity contribution in [3.8, 4) is 11.5 Å². The Balaban J connectivity index is 1.93. The van der Waals surface area contributed by atoms with E-state index in [0.29, 0.717) is 21.4 Å². The van der Waals surface area contributed by atoms with Crippen LogP contribution in [0.2, 0.25) is 10.0 Å². The van der Waals surface area contributed by atoms with Crippen LogP contribution in [0.25, 0.3) is 0 Å². The second-order valence-corrected chi connectivity index (χ2v) is 5.99. The van der Waals surface area contributed by atoms with Crippen LogP contribution in [0.3, 0.4) is 0 Å². The second-order valence-electron chi connectivity index (χ2n) is 5.11. The van der Waals surface area contributed by atoms with Crippen molar-refractivity contribution < 1.29 is 18.7 Å². The third-order valence-corrected chi connectivity index (χ3v) is 3.70. The van der Waals surface area contributed by atoms with Gasteiger partial charge in [0.05, 0.1) is 7.11 Å². The van der Waals surface area contributed by atoms with Gasteiger partial charge in [0, 0.05) is 23.6 Å². The summed E-state index contributed by atoms with van der Waals surface area (Å²) >= 11 is 11.7. The fourth-order valence-electron chi connectivity index (χ4n) is 2.04. The van der Waals surface area contributed by atoms with Gasteiger partial charge in [-0.2, -0.15) is 0 Å². The number of nitrogens with zero attached hydrogens (tertiary/aromatic N) is 1. The van der Waals surface area contributed by atoms with Gasteiger partial charge in [-0.05, 0) is 35.9 Å². The van der Waals surface area contributed by atoms with Gasteiger partial charge in [0.15, 0.2) is 18.2 Å². The fourth-order valence-corrected chi connectivity index (χ4v) is 2.54. The summed E-state index contributed by atoms with van der Waals surface area (Å²) in [5, 5.41) is 0.846. The number of carbonyl (C=O) groups excluding carboxylic acids is 1. The molecule has 0 aliphatic heterocycles. The Bertz CT molecular complexity index is 720. The van der Waals surface area contributed by atoms with Crippen LogP contribution in [0.4, 0.5) is 4.39 Å². The van der Waals surface area contributed by atoms with Crippen LogP contribution in [-0.2, 0) is 11.3 Å². The Kier molecular flexibility index (Phi) is 6.29. The molecule has 2 aromatic carbocycles. The van der Waals surface area contributed by atoms with E-state index in [1.807, 2.05) is 0 Å². The zero-order chi connectivity index (χ0) is 17.7. The molecular weight excluding hydrogens is 356 g/mol. The topological polar surface area (TPSA) is 38.8 Å². The molecule has 0 radical (unpaired) electrons. The average molecular weight is 372 g/mol. The van der Waals surface area contributed by atoms with Crippen molar-refractivity contribution in [1.82, 2.24) is 4.90 Å². The molecule has 0 heterocycles. The molecule has 2 rings (SSSR count). The van der Waals surface area contributed by atoms with Gasteiger partial charge >= 0.3 is 0 Å². The van der Waals surface area contributed by atoms with Crippen LogP contribution < -0.4 is 9.47 Å². The molecule has 0 aromatic heterocycles. The van der Waals surface area contributed by atoms with Crippen LogP contribution in [0, 0.1) is 5.82 Å². The molecule has 0 N–H and O–H groups in total. The van der Waals surface area contributed by atoms with Gasteiger partial charge < -0.3 is 14.4 Å². The third kappa shape index (κ3) is 5.01. The lowest BCUT2D eigenvalue weighted by atomic mass is 10.2. The fraction of sp³-hybridized carbons (Fsp3) is 0.235. The maximum atomic E-state index is 13.7. The molecule has 0 saturated carbocycles. The predicted molar refractivity (Wildman–Crippen MR) is 91.4 cm³/mol. The normalized spacial score (nSPS) is 10.4. The number of benzene rings is 2. The molecule has 24 heavy (non-hydrogen) atoms. The van der Waals surface area contributed by atoms with Gasteiger partial charge in [-0.1, -0.05) is 29.3 Å². The van der Waals surface area contributed by atoms with Crippen LogP contribution in [0.15, 0.2) is 36.4 Å². The van der Waals surface area contributed by atoms with Crippen molar-refractivity contribution in [3.05, 3.63) is 57.8 Å². The molecule has 0 aliphatic carbocycles. The zero-order valence-corrected chi connectivity index (χ0v) is 14.7. The third-order valence-electron chi connectivity index (χ3n) is 3.26. The number of methoxy groups -OCH3 is 1. The van der Waals surface area contributed by atoms with E-state index in [1.54, 1.807) is 31.3 Å². The Morgan fingerprint density at radius 1 is 1.17 bits per heavy atom. The number of likely N-dealkylation sites (N-methyl/N-ethyl adjacent to an activating group) is 1. The van der Waals surface area contributed by atoms with E-state index >= 15 is 0 Å². The van der Waals surface area contributed by atoms with Crippen LogP contribution >= 0.6 is 23.2 Å². The Labute approximate surface area is 149 Å². The monoisotopic (exact) mass is 371 g/mol. The summed E-state index contributed by atoms with van der Waals surface area (Å²) in [7, 11) is 3.01. The molecule has 2 aromatic rings. The average Bonchev–Trinajstić information content (AvgIpc) is 2.52. The standard InChI is InChI=1S/C17H16Cl2FNO3/c1-21(9-11-3-4-16(23-2)15(20)5-11)17(22)10-24-14-7-12(18)6-13(19)8-14/h3-8H,9-10H2,1-2H3. The van der Waals surface area contributed by atoms with Crippen molar-refractivity contribution in [2.24, 2.45) is 0 Å². The summed E-state index contributed by atoms with van der Waals surface area (Å²) in [6.07, 6.45) is 0. The van der Waals surface area contributed by atoms with Crippen molar-refractivity contribution >= 4 is 29.1 Å². The van der Waals surface area contributed by atoms with E-state index in [9.17, 15) is 9.18 Å². The number of amides is 1. The lowest BCUT2D eigenvalue weighted by Crippen LogP contribution is -2.31. The molecule has 4 nitrogen and oxygen atoms in total. The molecule has 0 saturated heterocycles. The lowest BCUT2D eigenvalue weighted by Gasteiger charge is -2.18. The molecule has 0 unspecified atom stereocenters. The smallest absolute Gasteiger partial charge is 0.260 e. The summed E-state index contributed by atoms with van der Waals surface area (Å²) in [6, 6.07) is 9.26. The molecule has 7 heteroatoms. The Hall–Kier alpha value is -1.98. The summed E-state index contributed by atoms with van der Waals surface area (Å²) in [6.45, 7) is 0.0746. The van der Waals surface area contributed by atoms with Crippen molar-refractivity contribution in [1.29, 1.82) is 0 Å². The van der Waals surface area contributed by atoms with Crippen LogP contribution in [0.1, 0.15) is 5.56 Å². The van der Waals surface area contributed by atoms with Gasteiger partial charge in [0.1, 0.15) is 5.75 Å². The Morgan fingerprint density at radius 3 is 2.42 bits per heavy atom. The SMILES string of the molecule is COc1ccc(CN(C)C(=O)COc2cc(Cl)cc(Cl)c2)cc1F. The highest BCUT2D eigenvalue weighted by atomic mass is 35.5. The maximum absolute atomic E-state index is 13.7. The van der Waals surface area contributed by atoms with E-state index in [4.69, 9.17) is 32.7 Å². The molecule has 0 spiro atoms. The molecule has 128 valence electrons. The summed E-state index contributed by atoms with van der Waals surface area (Å²) < 4.78 is 23.9. The molecule has 0 aliphatic rings. The zero-order valence-electron chi connectivity index (χ0n) is 13.2. The first kappa shape index (κ1) is 18.4. The van der Waals surface area contributed by atoms with Crippen LogP contribution in [0.5, 0.6) is 11.5 Å². The van der Waals surface area contributed by atoms with Crippen molar-refractivity contribution in [3.63, 3.8) is 0 Å². The number of hydrogen-bond donors (Lipinski definition) is 0. The second kappa shape index (κ2) is 8.22. The van der Waals surface area contributed by atoms with E-state index in [-0.39, 0.29) is 24.8 Å². The van der Waals surface area contributed by atoms with Crippen molar-refractivity contribution in [2.45, 2.75) is 6.54 Å². The van der Waals surface area contributed by atoms with Gasteiger partial charge in [-0.3, -0.25) is 4.79 Å². The van der Waals surface area contributed by atoms with Crippen molar-refractivity contribution in [2.75, 3.05) is 20.8 Å². The first-order chi connectivity index (χ1) is 11.4.